The molecule has 1 rings (SSSR count). The highest BCUT2D eigenvalue weighted by molar-refractivity contribution is 5.97. The number of rotatable bonds is 13. The SMILES string of the molecule is C[C@H](NC(=O)[C@H](CC(N)=O)NC(=O)[C@H](CC(=O)O)NC(=O)[C@@H](N)Cc1ccccc1)C(=O)O. The molecule has 0 heterocycles. The van der Waals surface area contributed by atoms with Crippen molar-refractivity contribution in [3.8, 4) is 0 Å². The number of aliphatic carboxylic acids is 2. The van der Waals surface area contributed by atoms with Crippen molar-refractivity contribution in [2.75, 3.05) is 0 Å². The lowest BCUT2D eigenvalue weighted by Gasteiger charge is -2.23. The van der Waals surface area contributed by atoms with Gasteiger partial charge in [0, 0.05) is 0 Å². The first-order valence-electron chi connectivity index (χ1n) is 9.84. The summed E-state index contributed by atoms with van der Waals surface area (Å²) in [7, 11) is 0. The predicted octanol–water partition coefficient (Wildman–Crippen LogP) is -2.53. The molecule has 0 bridgehead atoms. The van der Waals surface area contributed by atoms with Gasteiger partial charge in [0.15, 0.2) is 0 Å². The standard InChI is InChI=1S/C20H27N5O8/c1-10(20(32)33)23-18(30)13(8-15(22)26)25-19(31)14(9-16(27)28)24-17(29)12(21)7-11-5-3-2-4-6-11/h2-6,10,12-14H,7-9,21H2,1H3,(H2,22,26)(H,23,30)(H,24,29)(H,25,31)(H,27,28)(H,32,33)/t10-,12-,13-,14-/m0/s1. The van der Waals surface area contributed by atoms with Gasteiger partial charge in [-0.1, -0.05) is 30.3 Å². The molecule has 0 radical (unpaired) electrons. The Morgan fingerprint density at radius 1 is 0.848 bits per heavy atom. The van der Waals surface area contributed by atoms with Crippen LogP contribution in [0.1, 0.15) is 25.3 Å². The maximum atomic E-state index is 12.6. The van der Waals surface area contributed by atoms with Gasteiger partial charge >= 0.3 is 11.9 Å². The second kappa shape index (κ2) is 12.8. The van der Waals surface area contributed by atoms with Gasteiger partial charge in [-0.15, -0.1) is 0 Å². The van der Waals surface area contributed by atoms with E-state index < -0.39 is 72.6 Å². The molecule has 0 saturated carbocycles. The van der Waals surface area contributed by atoms with Crippen LogP contribution in [0.4, 0.5) is 0 Å². The number of nitrogens with one attached hydrogen (secondary N) is 3. The van der Waals surface area contributed by atoms with E-state index in [1.165, 1.54) is 0 Å². The van der Waals surface area contributed by atoms with Crippen LogP contribution in [0.5, 0.6) is 0 Å². The minimum atomic E-state index is -1.63. The summed E-state index contributed by atoms with van der Waals surface area (Å²) >= 11 is 0. The van der Waals surface area contributed by atoms with E-state index in [0.29, 0.717) is 0 Å². The lowest BCUT2D eigenvalue weighted by Crippen LogP contribution is -2.58. The van der Waals surface area contributed by atoms with Gasteiger partial charge in [0.25, 0.3) is 0 Å². The second-order valence-corrected chi connectivity index (χ2v) is 7.26. The summed E-state index contributed by atoms with van der Waals surface area (Å²) in [5, 5.41) is 24.4. The first-order valence-corrected chi connectivity index (χ1v) is 9.84. The Kier molecular flexibility index (Phi) is 10.5. The van der Waals surface area contributed by atoms with Crippen LogP contribution >= 0.6 is 0 Å². The molecule has 0 fully saturated rings. The van der Waals surface area contributed by atoms with Crippen molar-refractivity contribution in [3.05, 3.63) is 35.9 Å². The van der Waals surface area contributed by atoms with Gasteiger partial charge in [-0.3, -0.25) is 28.8 Å². The molecule has 0 aliphatic heterocycles. The molecule has 0 saturated heterocycles. The van der Waals surface area contributed by atoms with Crippen LogP contribution in [-0.2, 0) is 35.2 Å². The number of amides is 4. The Labute approximate surface area is 188 Å². The van der Waals surface area contributed by atoms with E-state index in [1.54, 1.807) is 30.3 Å². The number of carbonyl (C=O) groups excluding carboxylic acids is 4. The average Bonchev–Trinajstić information content (AvgIpc) is 2.72. The molecule has 1 aromatic rings. The Balaban J connectivity index is 2.92. The third kappa shape index (κ3) is 9.78. The van der Waals surface area contributed by atoms with Gasteiger partial charge < -0.3 is 37.6 Å². The monoisotopic (exact) mass is 465 g/mol. The summed E-state index contributed by atoms with van der Waals surface area (Å²) in [6.45, 7) is 1.16. The zero-order chi connectivity index (χ0) is 25.1. The number of primary amides is 1. The number of benzene rings is 1. The van der Waals surface area contributed by atoms with Gasteiger partial charge in [0.1, 0.15) is 18.1 Å². The smallest absolute Gasteiger partial charge is 0.325 e. The molecule has 0 unspecified atom stereocenters. The quantitative estimate of drug-likeness (QED) is 0.162. The third-order valence-corrected chi connectivity index (χ3v) is 4.41. The minimum absolute atomic E-state index is 0.119. The maximum Gasteiger partial charge on any atom is 0.325 e. The average molecular weight is 465 g/mol. The van der Waals surface area contributed by atoms with Crippen molar-refractivity contribution in [1.82, 2.24) is 16.0 Å². The van der Waals surface area contributed by atoms with E-state index >= 15 is 0 Å². The van der Waals surface area contributed by atoms with Gasteiger partial charge in [0.05, 0.1) is 18.9 Å². The molecule has 4 atom stereocenters. The summed E-state index contributed by atoms with van der Waals surface area (Å²) in [5.41, 5.74) is 11.7. The summed E-state index contributed by atoms with van der Waals surface area (Å²) in [6, 6.07) is 3.08. The molecular formula is C20H27N5O8. The van der Waals surface area contributed by atoms with E-state index in [1.807, 2.05) is 0 Å². The first-order chi connectivity index (χ1) is 15.4. The van der Waals surface area contributed by atoms with E-state index in [0.717, 1.165) is 12.5 Å². The Morgan fingerprint density at radius 3 is 1.88 bits per heavy atom. The third-order valence-electron chi connectivity index (χ3n) is 4.41. The van der Waals surface area contributed by atoms with Crippen LogP contribution in [0.15, 0.2) is 30.3 Å². The fraction of sp³-hybridized carbons (Fsp3) is 0.400. The van der Waals surface area contributed by atoms with Crippen molar-refractivity contribution in [1.29, 1.82) is 0 Å². The lowest BCUT2D eigenvalue weighted by atomic mass is 10.0. The minimum Gasteiger partial charge on any atom is -0.481 e. The van der Waals surface area contributed by atoms with E-state index in [-0.39, 0.29) is 6.42 Å². The van der Waals surface area contributed by atoms with Crippen molar-refractivity contribution < 1.29 is 39.0 Å². The summed E-state index contributed by atoms with van der Waals surface area (Å²) in [4.78, 5) is 70.8. The zero-order valence-corrected chi connectivity index (χ0v) is 17.8. The van der Waals surface area contributed by atoms with Gasteiger partial charge in [0.2, 0.25) is 23.6 Å². The molecule has 0 aliphatic rings. The van der Waals surface area contributed by atoms with Gasteiger partial charge in [-0.2, -0.15) is 0 Å². The molecule has 13 nitrogen and oxygen atoms in total. The largest absolute Gasteiger partial charge is 0.481 e. The van der Waals surface area contributed by atoms with Crippen molar-refractivity contribution >= 4 is 35.6 Å². The van der Waals surface area contributed by atoms with E-state index in [9.17, 15) is 28.8 Å². The lowest BCUT2D eigenvalue weighted by molar-refractivity contribution is -0.143. The highest BCUT2D eigenvalue weighted by Gasteiger charge is 2.31. The maximum absolute atomic E-state index is 12.6. The molecule has 180 valence electrons. The highest BCUT2D eigenvalue weighted by Crippen LogP contribution is 2.04. The predicted molar refractivity (Wildman–Crippen MR) is 113 cm³/mol. The molecule has 9 N–H and O–H groups in total. The van der Waals surface area contributed by atoms with Crippen LogP contribution < -0.4 is 27.4 Å². The fourth-order valence-corrected chi connectivity index (χ4v) is 2.68. The summed E-state index contributed by atoms with van der Waals surface area (Å²) < 4.78 is 0. The molecule has 0 aliphatic carbocycles. The number of nitrogens with two attached hydrogens (primary N) is 2. The van der Waals surface area contributed by atoms with Crippen molar-refractivity contribution in [2.24, 2.45) is 11.5 Å². The van der Waals surface area contributed by atoms with Gasteiger partial charge in [-0.05, 0) is 18.9 Å². The highest BCUT2D eigenvalue weighted by atomic mass is 16.4. The molecule has 1 aromatic carbocycles. The van der Waals surface area contributed by atoms with Crippen LogP contribution in [0.2, 0.25) is 0 Å². The van der Waals surface area contributed by atoms with Crippen molar-refractivity contribution in [3.63, 3.8) is 0 Å². The fourth-order valence-electron chi connectivity index (χ4n) is 2.68. The summed E-state index contributed by atoms with van der Waals surface area (Å²) in [5.74, 6) is -6.71. The molecule has 33 heavy (non-hydrogen) atoms. The van der Waals surface area contributed by atoms with Crippen molar-refractivity contribution in [2.45, 2.75) is 50.4 Å². The summed E-state index contributed by atoms with van der Waals surface area (Å²) in [6.07, 6.45) is -1.41. The van der Waals surface area contributed by atoms with E-state index in [4.69, 9.17) is 21.7 Å². The van der Waals surface area contributed by atoms with Crippen LogP contribution in [0.3, 0.4) is 0 Å². The number of carboxylic acid groups (broad SMARTS) is 2. The Bertz CT molecular complexity index is 892. The topological polar surface area (TPSA) is 231 Å². The molecule has 0 aromatic heterocycles. The van der Waals surface area contributed by atoms with Gasteiger partial charge in [-0.25, -0.2) is 0 Å². The van der Waals surface area contributed by atoms with E-state index in [2.05, 4.69) is 16.0 Å². The molecule has 4 amide bonds. The van der Waals surface area contributed by atoms with Crippen LogP contribution in [0, 0.1) is 0 Å². The number of carbonyl (C=O) groups is 6. The molecule has 0 spiro atoms. The zero-order valence-electron chi connectivity index (χ0n) is 17.8. The molecule has 13 heteroatoms. The van der Waals surface area contributed by atoms with Crippen LogP contribution in [-0.4, -0.2) is 69.9 Å². The number of carboxylic acids is 2. The number of hydrogen-bond acceptors (Lipinski definition) is 7. The second-order valence-electron chi connectivity index (χ2n) is 7.26. The number of hydrogen-bond donors (Lipinski definition) is 7. The van der Waals surface area contributed by atoms with Crippen LogP contribution in [0.25, 0.3) is 0 Å². The molecular weight excluding hydrogens is 438 g/mol. The Morgan fingerprint density at radius 2 is 1.36 bits per heavy atom. The first kappa shape index (κ1) is 27.0. The normalized spacial score (nSPS) is 14.1. The Hall–Kier alpha value is -4.00.